The van der Waals surface area contributed by atoms with Crippen molar-refractivity contribution in [2.24, 2.45) is 5.92 Å². The maximum Gasteiger partial charge on any atom is 0.219 e. The Morgan fingerprint density at radius 2 is 2.09 bits per heavy atom. The van der Waals surface area contributed by atoms with E-state index in [4.69, 9.17) is 9.47 Å². The van der Waals surface area contributed by atoms with Crippen molar-refractivity contribution < 1.29 is 14.4 Å². The Hall–Kier alpha value is -1.56. The Kier molecular flexibility index (Phi) is 6.24. The van der Waals surface area contributed by atoms with E-state index in [1.54, 1.807) is 0 Å². The zero-order valence-corrected chi connectivity index (χ0v) is 13.3. The van der Waals surface area contributed by atoms with Crippen LogP contribution in [0.25, 0.3) is 0 Å². The minimum absolute atomic E-state index is 0.0428. The molecule has 6 heteroatoms. The highest BCUT2D eigenvalue weighted by molar-refractivity contribution is 5.24. The van der Waals surface area contributed by atoms with Crippen LogP contribution in [0.2, 0.25) is 0 Å². The van der Waals surface area contributed by atoms with E-state index < -0.39 is 6.04 Å². The molecule has 0 spiro atoms. The van der Waals surface area contributed by atoms with Crippen LogP contribution in [0.15, 0.2) is 24.1 Å². The lowest BCUT2D eigenvalue weighted by Crippen LogP contribution is -2.38. The van der Waals surface area contributed by atoms with Gasteiger partial charge in [-0.05, 0) is 25.8 Å². The van der Waals surface area contributed by atoms with E-state index in [1.807, 2.05) is 13.0 Å². The lowest BCUT2D eigenvalue weighted by atomic mass is 9.84. The minimum Gasteiger partial charge on any atom is -0.492 e. The van der Waals surface area contributed by atoms with E-state index in [0.29, 0.717) is 32.0 Å². The predicted molar refractivity (Wildman–Crippen MR) is 84.0 cm³/mol. The number of ether oxygens (including phenoxy) is 2. The fourth-order valence-electron chi connectivity index (χ4n) is 3.23. The molecular weight excluding hydrogens is 284 g/mol. The van der Waals surface area contributed by atoms with Crippen LogP contribution in [-0.2, 0) is 9.47 Å². The van der Waals surface area contributed by atoms with Crippen molar-refractivity contribution in [1.29, 1.82) is 0 Å². The third kappa shape index (κ3) is 4.22. The molecule has 1 aliphatic heterocycles. The second kappa shape index (κ2) is 8.17. The van der Waals surface area contributed by atoms with Crippen molar-refractivity contribution in [3.05, 3.63) is 34.2 Å². The summed E-state index contributed by atoms with van der Waals surface area (Å²) in [5, 5.41) is 11.3. The largest absolute Gasteiger partial charge is 0.492 e. The molecule has 2 atom stereocenters. The molecule has 0 N–H and O–H groups in total. The normalized spacial score (nSPS) is 26.6. The van der Waals surface area contributed by atoms with Gasteiger partial charge >= 0.3 is 0 Å². The Balaban J connectivity index is 2.21. The SMILES string of the molecule is C=C(OCC)/C(=C\[C@@H]1CCCC[C@H]1[N+](=O)[O-])N1CCOCC1. The van der Waals surface area contributed by atoms with E-state index in [2.05, 4.69) is 11.5 Å². The number of rotatable bonds is 6. The van der Waals surface area contributed by atoms with E-state index >= 15 is 0 Å². The molecule has 1 heterocycles. The molecule has 0 aromatic carbocycles. The van der Waals surface area contributed by atoms with Gasteiger partial charge in [0.1, 0.15) is 5.76 Å². The first-order valence-corrected chi connectivity index (χ1v) is 8.13. The molecule has 1 aliphatic carbocycles. The summed E-state index contributed by atoms with van der Waals surface area (Å²) in [4.78, 5) is 13.4. The first-order chi connectivity index (χ1) is 10.6. The van der Waals surface area contributed by atoms with Crippen LogP contribution in [0.3, 0.4) is 0 Å². The minimum atomic E-state index is -0.487. The number of nitro groups is 1. The molecule has 0 amide bonds. The van der Waals surface area contributed by atoms with Crippen molar-refractivity contribution in [2.45, 2.75) is 38.6 Å². The maximum absolute atomic E-state index is 11.3. The van der Waals surface area contributed by atoms with Crippen molar-refractivity contribution >= 4 is 0 Å². The molecule has 0 aromatic rings. The van der Waals surface area contributed by atoms with Gasteiger partial charge in [0.25, 0.3) is 0 Å². The number of hydrogen-bond acceptors (Lipinski definition) is 5. The van der Waals surface area contributed by atoms with Gasteiger partial charge in [-0.3, -0.25) is 10.1 Å². The second-order valence-electron chi connectivity index (χ2n) is 5.81. The van der Waals surface area contributed by atoms with Crippen LogP contribution in [0.1, 0.15) is 32.6 Å². The molecule has 0 radical (unpaired) electrons. The highest BCUT2D eigenvalue weighted by atomic mass is 16.6. The zero-order valence-electron chi connectivity index (χ0n) is 13.3. The summed E-state index contributed by atoms with van der Waals surface area (Å²) < 4.78 is 11.0. The molecular formula is C16H26N2O4. The molecule has 0 aromatic heterocycles. The van der Waals surface area contributed by atoms with Gasteiger partial charge in [-0.15, -0.1) is 0 Å². The van der Waals surface area contributed by atoms with Crippen molar-refractivity contribution in [1.82, 2.24) is 4.90 Å². The Labute approximate surface area is 131 Å². The van der Waals surface area contributed by atoms with Crippen LogP contribution in [-0.4, -0.2) is 48.8 Å². The molecule has 1 saturated carbocycles. The average Bonchev–Trinajstić information content (AvgIpc) is 2.53. The van der Waals surface area contributed by atoms with Gasteiger partial charge in [0, 0.05) is 30.4 Å². The summed E-state index contributed by atoms with van der Waals surface area (Å²) in [6, 6.07) is -0.487. The molecule has 124 valence electrons. The lowest BCUT2D eigenvalue weighted by Gasteiger charge is -2.33. The molecule has 2 aliphatic rings. The Morgan fingerprint density at radius 1 is 1.41 bits per heavy atom. The van der Waals surface area contributed by atoms with Crippen LogP contribution < -0.4 is 0 Å². The third-order valence-electron chi connectivity index (χ3n) is 4.38. The van der Waals surface area contributed by atoms with E-state index in [-0.39, 0.29) is 10.8 Å². The summed E-state index contributed by atoms with van der Waals surface area (Å²) in [5.74, 6) is 0.566. The molecule has 0 unspecified atom stereocenters. The van der Waals surface area contributed by atoms with Crippen LogP contribution in [0.5, 0.6) is 0 Å². The maximum atomic E-state index is 11.3. The predicted octanol–water partition coefficient (Wildman–Crippen LogP) is 2.59. The monoisotopic (exact) mass is 310 g/mol. The molecule has 22 heavy (non-hydrogen) atoms. The highest BCUT2D eigenvalue weighted by Crippen LogP contribution is 2.30. The van der Waals surface area contributed by atoms with E-state index in [9.17, 15) is 10.1 Å². The Morgan fingerprint density at radius 3 is 2.73 bits per heavy atom. The first-order valence-electron chi connectivity index (χ1n) is 8.13. The second-order valence-corrected chi connectivity index (χ2v) is 5.81. The molecule has 0 bridgehead atoms. The molecule has 1 saturated heterocycles. The van der Waals surface area contributed by atoms with Gasteiger partial charge in [0.05, 0.1) is 25.5 Å². The third-order valence-corrected chi connectivity index (χ3v) is 4.38. The topological polar surface area (TPSA) is 64.8 Å². The summed E-state index contributed by atoms with van der Waals surface area (Å²) in [5.41, 5.74) is 0.906. The number of hydrogen-bond donors (Lipinski definition) is 0. The zero-order chi connectivity index (χ0) is 15.9. The van der Waals surface area contributed by atoms with Gasteiger partial charge in [-0.1, -0.05) is 13.0 Å². The fraction of sp³-hybridized carbons (Fsp3) is 0.750. The lowest BCUT2D eigenvalue weighted by molar-refractivity contribution is -0.533. The van der Waals surface area contributed by atoms with Gasteiger partial charge in [0.2, 0.25) is 6.04 Å². The average molecular weight is 310 g/mol. The summed E-state index contributed by atoms with van der Waals surface area (Å²) >= 11 is 0. The number of nitrogens with zero attached hydrogens (tertiary/aromatic N) is 2. The Bertz CT molecular complexity index is 430. The number of morpholine rings is 1. The van der Waals surface area contributed by atoms with E-state index in [1.165, 1.54) is 0 Å². The molecule has 6 nitrogen and oxygen atoms in total. The summed E-state index contributed by atoms with van der Waals surface area (Å²) in [6.07, 6.45) is 5.53. The van der Waals surface area contributed by atoms with Crippen LogP contribution >= 0.6 is 0 Å². The fourth-order valence-corrected chi connectivity index (χ4v) is 3.23. The quantitative estimate of drug-likeness (QED) is 0.326. The van der Waals surface area contributed by atoms with E-state index in [0.717, 1.165) is 38.0 Å². The van der Waals surface area contributed by atoms with Gasteiger partial charge in [-0.2, -0.15) is 0 Å². The van der Waals surface area contributed by atoms with Gasteiger partial charge in [0.15, 0.2) is 0 Å². The highest BCUT2D eigenvalue weighted by Gasteiger charge is 2.33. The smallest absolute Gasteiger partial charge is 0.219 e. The van der Waals surface area contributed by atoms with Gasteiger partial charge in [-0.25, -0.2) is 0 Å². The van der Waals surface area contributed by atoms with Gasteiger partial charge < -0.3 is 14.4 Å². The van der Waals surface area contributed by atoms with Crippen LogP contribution in [0.4, 0.5) is 0 Å². The summed E-state index contributed by atoms with van der Waals surface area (Å²) in [6.45, 7) is 9.35. The van der Waals surface area contributed by atoms with Crippen molar-refractivity contribution in [3.8, 4) is 0 Å². The summed E-state index contributed by atoms with van der Waals surface area (Å²) in [7, 11) is 0. The molecule has 2 fully saturated rings. The van der Waals surface area contributed by atoms with Crippen molar-refractivity contribution in [3.63, 3.8) is 0 Å². The van der Waals surface area contributed by atoms with Crippen molar-refractivity contribution in [2.75, 3.05) is 32.9 Å². The first kappa shape index (κ1) is 16.8. The van der Waals surface area contributed by atoms with Crippen LogP contribution in [0, 0.1) is 16.0 Å². The standard InChI is InChI=1S/C16H26N2O4/c1-3-22-13(2)16(17-8-10-21-11-9-17)12-14-6-4-5-7-15(14)18(19)20/h12,14-15H,2-11H2,1H3/b16-12+/t14-,15+/m0/s1. The molecule has 2 rings (SSSR count).